The van der Waals surface area contributed by atoms with E-state index >= 15 is 0 Å². The summed E-state index contributed by atoms with van der Waals surface area (Å²) >= 11 is 6.02. The SMILES string of the molecule is CCc1nccn1-c1nc(-c2ccc(Cl)cc2)c(CCC2=NCCO2)o1. The Bertz CT molecular complexity index is 927. The van der Waals surface area contributed by atoms with Crippen LogP contribution in [0.25, 0.3) is 17.3 Å². The molecule has 0 fully saturated rings. The van der Waals surface area contributed by atoms with Crippen molar-refractivity contribution in [1.29, 1.82) is 0 Å². The van der Waals surface area contributed by atoms with E-state index in [1.54, 1.807) is 6.20 Å². The summed E-state index contributed by atoms with van der Waals surface area (Å²) in [5, 5.41) is 0.690. The highest BCUT2D eigenvalue weighted by Gasteiger charge is 2.19. The predicted octanol–water partition coefficient (Wildman–Crippen LogP) is 4.10. The van der Waals surface area contributed by atoms with Crippen LogP contribution in [0.5, 0.6) is 0 Å². The van der Waals surface area contributed by atoms with Crippen molar-refractivity contribution in [3.63, 3.8) is 0 Å². The lowest BCUT2D eigenvalue weighted by Crippen LogP contribution is -2.01. The molecule has 2 aromatic heterocycles. The van der Waals surface area contributed by atoms with Crippen LogP contribution in [0.1, 0.15) is 24.9 Å². The molecule has 0 N–H and O–H groups in total. The molecule has 26 heavy (non-hydrogen) atoms. The third-order valence-electron chi connectivity index (χ3n) is 4.26. The lowest BCUT2D eigenvalue weighted by Gasteiger charge is -2.02. The number of aromatic nitrogens is 3. The number of benzene rings is 1. The van der Waals surface area contributed by atoms with Gasteiger partial charge in [-0.2, -0.15) is 4.98 Å². The molecule has 0 bridgehead atoms. The second-order valence-electron chi connectivity index (χ2n) is 5.97. The summed E-state index contributed by atoms with van der Waals surface area (Å²) in [4.78, 5) is 13.4. The van der Waals surface area contributed by atoms with Crippen molar-refractivity contribution in [1.82, 2.24) is 14.5 Å². The first-order valence-corrected chi connectivity index (χ1v) is 9.06. The zero-order chi connectivity index (χ0) is 17.9. The topological polar surface area (TPSA) is 65.4 Å². The van der Waals surface area contributed by atoms with Crippen molar-refractivity contribution in [2.24, 2.45) is 4.99 Å². The average Bonchev–Trinajstić information content (AvgIpc) is 3.40. The fourth-order valence-electron chi connectivity index (χ4n) is 2.97. The zero-order valence-corrected chi connectivity index (χ0v) is 15.2. The van der Waals surface area contributed by atoms with Gasteiger partial charge >= 0.3 is 6.01 Å². The van der Waals surface area contributed by atoms with Gasteiger partial charge in [-0.25, -0.2) is 4.98 Å². The third-order valence-corrected chi connectivity index (χ3v) is 4.51. The summed E-state index contributed by atoms with van der Waals surface area (Å²) in [7, 11) is 0. The van der Waals surface area contributed by atoms with Gasteiger partial charge in [0.1, 0.15) is 23.9 Å². The Labute approximate surface area is 156 Å². The molecule has 0 saturated carbocycles. The molecule has 0 aliphatic carbocycles. The molecule has 0 amide bonds. The average molecular weight is 371 g/mol. The Morgan fingerprint density at radius 1 is 1.19 bits per heavy atom. The first-order chi connectivity index (χ1) is 12.7. The van der Waals surface area contributed by atoms with Crippen LogP contribution in [-0.2, 0) is 17.6 Å². The number of hydrogen-bond acceptors (Lipinski definition) is 5. The van der Waals surface area contributed by atoms with Gasteiger partial charge in [0.2, 0.25) is 0 Å². The normalized spacial score (nSPS) is 13.7. The van der Waals surface area contributed by atoms with Crippen LogP contribution in [0.15, 0.2) is 46.1 Å². The summed E-state index contributed by atoms with van der Waals surface area (Å²) in [6, 6.07) is 8.13. The molecular weight excluding hydrogens is 352 g/mol. The lowest BCUT2D eigenvalue weighted by atomic mass is 10.1. The minimum atomic E-state index is 0.522. The Kier molecular flexibility index (Phi) is 4.75. The van der Waals surface area contributed by atoms with E-state index in [0.29, 0.717) is 30.5 Å². The van der Waals surface area contributed by atoms with Gasteiger partial charge in [-0.05, 0) is 12.1 Å². The molecule has 6 nitrogen and oxygen atoms in total. The number of oxazole rings is 1. The summed E-state index contributed by atoms with van der Waals surface area (Å²) in [5.74, 6) is 2.49. The van der Waals surface area contributed by atoms with E-state index in [9.17, 15) is 0 Å². The highest BCUT2D eigenvalue weighted by molar-refractivity contribution is 6.30. The first kappa shape index (κ1) is 16.8. The molecule has 0 atom stereocenters. The van der Waals surface area contributed by atoms with Crippen LogP contribution < -0.4 is 0 Å². The number of aliphatic imine (C=N–C) groups is 1. The Hall–Kier alpha value is -2.60. The summed E-state index contributed by atoms with van der Waals surface area (Å²) in [6.45, 7) is 3.45. The molecule has 3 aromatic rings. The van der Waals surface area contributed by atoms with E-state index in [4.69, 9.17) is 25.7 Å². The van der Waals surface area contributed by atoms with Crippen LogP contribution in [0, 0.1) is 0 Å². The molecule has 4 rings (SSSR count). The second kappa shape index (κ2) is 7.33. The summed E-state index contributed by atoms with van der Waals surface area (Å²) in [5.41, 5.74) is 1.78. The molecule has 134 valence electrons. The maximum atomic E-state index is 6.11. The van der Waals surface area contributed by atoms with Crippen LogP contribution in [-0.4, -0.2) is 33.6 Å². The van der Waals surface area contributed by atoms with Crippen LogP contribution in [0.4, 0.5) is 0 Å². The molecule has 7 heteroatoms. The molecular formula is C19H19ClN4O2. The minimum Gasteiger partial charge on any atom is -0.479 e. The quantitative estimate of drug-likeness (QED) is 0.655. The van der Waals surface area contributed by atoms with Gasteiger partial charge in [-0.15, -0.1) is 0 Å². The molecule has 0 spiro atoms. The highest BCUT2D eigenvalue weighted by Crippen LogP contribution is 2.28. The Morgan fingerprint density at radius 2 is 2.04 bits per heavy atom. The van der Waals surface area contributed by atoms with Gasteiger partial charge in [0.25, 0.3) is 0 Å². The smallest absolute Gasteiger partial charge is 0.307 e. The van der Waals surface area contributed by atoms with Gasteiger partial charge in [0, 0.05) is 42.2 Å². The van der Waals surface area contributed by atoms with Crippen molar-refractivity contribution in [2.75, 3.05) is 13.2 Å². The Balaban J connectivity index is 1.70. The van der Waals surface area contributed by atoms with Crippen molar-refractivity contribution in [3.05, 3.63) is 53.3 Å². The number of imidazole rings is 1. The lowest BCUT2D eigenvalue weighted by molar-refractivity contribution is 0.336. The second-order valence-corrected chi connectivity index (χ2v) is 6.40. The van der Waals surface area contributed by atoms with Crippen LogP contribution in [0.3, 0.4) is 0 Å². The van der Waals surface area contributed by atoms with Gasteiger partial charge in [0.05, 0.1) is 6.54 Å². The number of rotatable bonds is 6. The van der Waals surface area contributed by atoms with Crippen molar-refractivity contribution in [2.45, 2.75) is 26.2 Å². The van der Waals surface area contributed by atoms with Crippen LogP contribution >= 0.6 is 11.6 Å². The predicted molar refractivity (Wildman–Crippen MR) is 100 cm³/mol. The fourth-order valence-corrected chi connectivity index (χ4v) is 3.09. The van der Waals surface area contributed by atoms with E-state index in [-0.39, 0.29) is 0 Å². The van der Waals surface area contributed by atoms with Gasteiger partial charge in [-0.1, -0.05) is 30.7 Å². The van der Waals surface area contributed by atoms with E-state index < -0.39 is 0 Å². The minimum absolute atomic E-state index is 0.522. The molecule has 1 aliphatic rings. The largest absolute Gasteiger partial charge is 0.479 e. The van der Waals surface area contributed by atoms with Crippen molar-refractivity contribution >= 4 is 17.5 Å². The van der Waals surface area contributed by atoms with Crippen molar-refractivity contribution in [3.8, 4) is 17.3 Å². The molecule has 1 aliphatic heterocycles. The standard InChI is InChI=1S/C19H19ClN4O2/c1-2-16-21-9-11-24(16)19-23-18(13-3-5-14(20)6-4-13)15(26-19)7-8-17-22-10-12-25-17/h3-6,9,11H,2,7-8,10,12H2,1H3. The van der Waals surface area contributed by atoms with E-state index in [2.05, 4.69) is 16.9 Å². The number of nitrogens with zero attached hydrogens (tertiary/aromatic N) is 4. The number of aryl methyl sites for hydroxylation is 2. The Morgan fingerprint density at radius 3 is 2.77 bits per heavy atom. The molecule has 3 heterocycles. The maximum absolute atomic E-state index is 6.11. The fraction of sp³-hybridized carbons (Fsp3) is 0.316. The number of ether oxygens (including phenoxy) is 1. The molecule has 0 unspecified atom stereocenters. The summed E-state index contributed by atoms with van der Waals surface area (Å²) < 4.78 is 13.5. The third kappa shape index (κ3) is 3.37. The van der Waals surface area contributed by atoms with E-state index in [1.165, 1.54) is 0 Å². The molecule has 1 aromatic carbocycles. The highest BCUT2D eigenvalue weighted by atomic mass is 35.5. The van der Waals surface area contributed by atoms with Crippen LogP contribution in [0.2, 0.25) is 5.02 Å². The van der Waals surface area contributed by atoms with Gasteiger partial charge in [0.15, 0.2) is 5.90 Å². The van der Waals surface area contributed by atoms with Crippen molar-refractivity contribution < 1.29 is 9.15 Å². The molecule has 0 radical (unpaired) electrons. The maximum Gasteiger partial charge on any atom is 0.307 e. The first-order valence-electron chi connectivity index (χ1n) is 8.69. The number of halogens is 1. The zero-order valence-electron chi connectivity index (χ0n) is 14.5. The summed E-state index contributed by atoms with van der Waals surface area (Å²) in [6.07, 6.45) is 5.78. The number of hydrogen-bond donors (Lipinski definition) is 0. The van der Waals surface area contributed by atoms with E-state index in [1.807, 2.05) is 35.0 Å². The van der Waals surface area contributed by atoms with E-state index in [0.717, 1.165) is 41.7 Å². The van der Waals surface area contributed by atoms with Gasteiger partial charge in [-0.3, -0.25) is 9.56 Å². The molecule has 0 saturated heterocycles. The monoisotopic (exact) mass is 370 g/mol. The van der Waals surface area contributed by atoms with Gasteiger partial charge < -0.3 is 9.15 Å².